The summed E-state index contributed by atoms with van der Waals surface area (Å²) in [6.07, 6.45) is 3.97. The number of carbonyl (C=O) groups excluding carboxylic acids is 1. The highest BCUT2D eigenvalue weighted by atomic mass is 35.5. The summed E-state index contributed by atoms with van der Waals surface area (Å²) in [7, 11) is 0. The van der Waals surface area contributed by atoms with E-state index in [9.17, 15) is 4.79 Å². The third-order valence-electron chi connectivity index (χ3n) is 1.21. The molecule has 0 saturated heterocycles. The summed E-state index contributed by atoms with van der Waals surface area (Å²) in [5.74, 6) is 0.356. The zero-order chi connectivity index (χ0) is 7.11. The Hall–Kier alpha value is -0.0400. The standard InChI is InChI=1S/C7H13ClO/c1-2-3-4-5-7(9)6-8/h2-6H2,1H3. The fourth-order valence-corrected chi connectivity index (χ4v) is 0.773. The van der Waals surface area contributed by atoms with Crippen molar-refractivity contribution < 1.29 is 4.79 Å². The molecule has 9 heavy (non-hydrogen) atoms. The van der Waals surface area contributed by atoms with Crippen LogP contribution in [0.25, 0.3) is 0 Å². The van der Waals surface area contributed by atoms with E-state index in [0.29, 0.717) is 6.42 Å². The fourth-order valence-electron chi connectivity index (χ4n) is 0.639. The Morgan fingerprint density at radius 1 is 1.44 bits per heavy atom. The molecule has 0 amide bonds. The van der Waals surface area contributed by atoms with E-state index in [2.05, 4.69) is 6.92 Å². The second kappa shape index (κ2) is 6.09. The molecule has 54 valence electrons. The molecule has 0 saturated carbocycles. The lowest BCUT2D eigenvalue weighted by atomic mass is 10.2. The number of Topliss-reactive ketones (excluding diaryl/α,β-unsaturated/α-hetero) is 1. The van der Waals surface area contributed by atoms with Crippen molar-refractivity contribution in [2.45, 2.75) is 32.6 Å². The predicted molar refractivity (Wildman–Crippen MR) is 39.9 cm³/mol. The van der Waals surface area contributed by atoms with Gasteiger partial charge in [-0.3, -0.25) is 4.79 Å². The maximum atomic E-state index is 10.6. The first-order chi connectivity index (χ1) is 4.31. The zero-order valence-corrected chi connectivity index (χ0v) is 6.58. The highest BCUT2D eigenvalue weighted by molar-refractivity contribution is 6.27. The number of halogens is 1. The van der Waals surface area contributed by atoms with Crippen LogP contribution < -0.4 is 0 Å². The molecule has 0 fully saturated rings. The Morgan fingerprint density at radius 3 is 2.56 bits per heavy atom. The largest absolute Gasteiger partial charge is 0.298 e. The highest BCUT2D eigenvalue weighted by Crippen LogP contribution is 1.99. The van der Waals surface area contributed by atoms with Crippen LogP contribution in [-0.2, 0) is 4.79 Å². The summed E-state index contributed by atoms with van der Waals surface area (Å²) in [5.41, 5.74) is 0. The minimum Gasteiger partial charge on any atom is -0.298 e. The van der Waals surface area contributed by atoms with Crippen LogP contribution in [0.2, 0.25) is 0 Å². The Balaban J connectivity index is 2.97. The van der Waals surface area contributed by atoms with E-state index in [1.807, 2.05) is 0 Å². The summed E-state index contributed by atoms with van der Waals surface area (Å²) >= 11 is 5.28. The van der Waals surface area contributed by atoms with Crippen LogP contribution in [0.15, 0.2) is 0 Å². The van der Waals surface area contributed by atoms with Gasteiger partial charge in [-0.1, -0.05) is 19.8 Å². The molecule has 0 heterocycles. The molecular weight excluding hydrogens is 136 g/mol. The number of carbonyl (C=O) groups is 1. The molecule has 0 bridgehead atoms. The Morgan fingerprint density at radius 2 is 2.11 bits per heavy atom. The lowest BCUT2D eigenvalue weighted by Crippen LogP contribution is -1.97. The Kier molecular flexibility index (Phi) is 6.06. The van der Waals surface area contributed by atoms with Gasteiger partial charge in [-0.15, -0.1) is 11.6 Å². The minimum absolute atomic E-state index is 0.171. The number of hydrogen-bond acceptors (Lipinski definition) is 1. The molecule has 0 aliphatic heterocycles. The van der Waals surface area contributed by atoms with Crippen molar-refractivity contribution in [1.29, 1.82) is 0 Å². The van der Waals surface area contributed by atoms with Crippen LogP contribution in [0.5, 0.6) is 0 Å². The van der Waals surface area contributed by atoms with Crippen LogP contribution >= 0.6 is 11.6 Å². The van der Waals surface area contributed by atoms with Gasteiger partial charge in [-0.05, 0) is 6.42 Å². The average molecular weight is 149 g/mol. The molecule has 0 radical (unpaired) electrons. The summed E-state index contributed by atoms with van der Waals surface area (Å²) in [5, 5.41) is 0. The van der Waals surface area contributed by atoms with E-state index in [0.717, 1.165) is 19.3 Å². The minimum atomic E-state index is 0.171. The fraction of sp³-hybridized carbons (Fsp3) is 0.857. The predicted octanol–water partition coefficient (Wildman–Crippen LogP) is 2.37. The lowest BCUT2D eigenvalue weighted by molar-refractivity contribution is -0.116. The number of rotatable bonds is 5. The first kappa shape index (κ1) is 8.96. The molecule has 0 aromatic rings. The summed E-state index contributed by atoms with van der Waals surface area (Å²) < 4.78 is 0. The van der Waals surface area contributed by atoms with Crippen LogP contribution in [-0.4, -0.2) is 11.7 Å². The third-order valence-corrected chi connectivity index (χ3v) is 1.51. The lowest BCUT2D eigenvalue weighted by Gasteiger charge is -1.93. The SMILES string of the molecule is CCCCCC(=O)CCl. The first-order valence-electron chi connectivity index (χ1n) is 3.39. The van der Waals surface area contributed by atoms with Crippen molar-refractivity contribution in [3.8, 4) is 0 Å². The Bertz CT molecular complexity index is 81.0. The summed E-state index contributed by atoms with van der Waals surface area (Å²) in [4.78, 5) is 10.6. The number of ketones is 1. The van der Waals surface area contributed by atoms with Crippen molar-refractivity contribution in [2.75, 3.05) is 5.88 Å². The zero-order valence-electron chi connectivity index (χ0n) is 5.82. The monoisotopic (exact) mass is 148 g/mol. The smallest absolute Gasteiger partial charge is 0.147 e. The molecule has 0 N–H and O–H groups in total. The van der Waals surface area contributed by atoms with Gasteiger partial charge in [-0.25, -0.2) is 0 Å². The van der Waals surface area contributed by atoms with Gasteiger partial charge in [0.1, 0.15) is 5.78 Å². The molecule has 0 spiro atoms. The van der Waals surface area contributed by atoms with Crippen molar-refractivity contribution in [3.05, 3.63) is 0 Å². The number of hydrogen-bond donors (Lipinski definition) is 0. The number of unbranched alkanes of at least 4 members (excludes halogenated alkanes) is 2. The molecule has 2 heteroatoms. The van der Waals surface area contributed by atoms with E-state index in [-0.39, 0.29) is 11.7 Å². The quantitative estimate of drug-likeness (QED) is 0.432. The van der Waals surface area contributed by atoms with Crippen LogP contribution in [0.3, 0.4) is 0 Å². The van der Waals surface area contributed by atoms with E-state index in [1.165, 1.54) is 0 Å². The summed E-state index contributed by atoms with van der Waals surface area (Å²) in [6, 6.07) is 0. The maximum Gasteiger partial charge on any atom is 0.147 e. The third kappa shape index (κ3) is 5.84. The average Bonchev–Trinajstić information content (AvgIpc) is 1.89. The van der Waals surface area contributed by atoms with Crippen LogP contribution in [0.1, 0.15) is 32.6 Å². The van der Waals surface area contributed by atoms with Crippen molar-refractivity contribution in [1.82, 2.24) is 0 Å². The van der Waals surface area contributed by atoms with Gasteiger partial charge >= 0.3 is 0 Å². The highest BCUT2D eigenvalue weighted by Gasteiger charge is 1.96. The second-order valence-electron chi connectivity index (χ2n) is 2.13. The molecule has 1 nitrogen and oxygen atoms in total. The molecule has 0 aliphatic carbocycles. The topological polar surface area (TPSA) is 17.1 Å². The van der Waals surface area contributed by atoms with Gasteiger partial charge in [0.15, 0.2) is 0 Å². The van der Waals surface area contributed by atoms with Crippen molar-refractivity contribution in [3.63, 3.8) is 0 Å². The van der Waals surface area contributed by atoms with Gasteiger partial charge in [0.2, 0.25) is 0 Å². The molecule has 0 atom stereocenters. The van der Waals surface area contributed by atoms with E-state index >= 15 is 0 Å². The van der Waals surface area contributed by atoms with E-state index in [1.54, 1.807) is 0 Å². The van der Waals surface area contributed by atoms with Gasteiger partial charge in [0.05, 0.1) is 5.88 Å². The van der Waals surface area contributed by atoms with Crippen LogP contribution in [0.4, 0.5) is 0 Å². The molecular formula is C7H13ClO. The van der Waals surface area contributed by atoms with Crippen LogP contribution in [0, 0.1) is 0 Å². The molecule has 0 unspecified atom stereocenters. The maximum absolute atomic E-state index is 10.6. The van der Waals surface area contributed by atoms with Crippen molar-refractivity contribution in [2.24, 2.45) is 0 Å². The van der Waals surface area contributed by atoms with Gasteiger partial charge in [0.25, 0.3) is 0 Å². The van der Waals surface area contributed by atoms with E-state index in [4.69, 9.17) is 11.6 Å². The van der Waals surface area contributed by atoms with Gasteiger partial charge < -0.3 is 0 Å². The van der Waals surface area contributed by atoms with Crippen molar-refractivity contribution >= 4 is 17.4 Å². The molecule has 0 aromatic heterocycles. The summed E-state index contributed by atoms with van der Waals surface area (Å²) in [6.45, 7) is 2.12. The molecule has 0 aromatic carbocycles. The molecule has 0 aliphatic rings. The van der Waals surface area contributed by atoms with E-state index < -0.39 is 0 Å². The van der Waals surface area contributed by atoms with Gasteiger partial charge in [0, 0.05) is 6.42 Å². The number of alkyl halides is 1. The first-order valence-corrected chi connectivity index (χ1v) is 3.92. The second-order valence-corrected chi connectivity index (χ2v) is 2.40. The normalized spacial score (nSPS) is 9.56. The molecule has 0 rings (SSSR count). The Labute approximate surface area is 61.4 Å². The van der Waals surface area contributed by atoms with Gasteiger partial charge in [-0.2, -0.15) is 0 Å².